The van der Waals surface area contributed by atoms with Gasteiger partial charge in [0.25, 0.3) is 0 Å². The van der Waals surface area contributed by atoms with Gasteiger partial charge in [-0.05, 0) is 84.8 Å². The number of fused-ring (bicyclic) bond motifs is 6. The highest BCUT2D eigenvalue weighted by Gasteiger charge is 2.18. The Kier molecular flexibility index (Phi) is 6.48. The van der Waals surface area contributed by atoms with E-state index in [0.29, 0.717) is 17.5 Å². The minimum absolute atomic E-state index is 0.287. The number of aromatic amines is 1. The molecule has 1 aliphatic carbocycles. The molecule has 10 rings (SSSR count). The summed E-state index contributed by atoms with van der Waals surface area (Å²) in [7, 11) is 0. The van der Waals surface area contributed by atoms with E-state index in [1.54, 1.807) is 24.8 Å². The van der Waals surface area contributed by atoms with E-state index in [1.165, 1.54) is 48.8 Å². The minimum atomic E-state index is 0.287. The van der Waals surface area contributed by atoms with Gasteiger partial charge < -0.3 is 9.55 Å². The lowest BCUT2D eigenvalue weighted by molar-refractivity contribution is 0.909. The monoisotopic (exact) mass is 643 g/mol. The highest BCUT2D eigenvalue weighted by atomic mass is 15.0. The van der Waals surface area contributed by atoms with Gasteiger partial charge in [0.15, 0.2) is 17.5 Å². The van der Waals surface area contributed by atoms with Crippen LogP contribution in [0.5, 0.6) is 0 Å². The average molecular weight is 644 g/mol. The fourth-order valence-electron chi connectivity index (χ4n) is 7.30. The molecule has 9 aromatic rings. The van der Waals surface area contributed by atoms with Gasteiger partial charge in [0.1, 0.15) is 0 Å². The van der Waals surface area contributed by atoms with E-state index in [4.69, 9.17) is 15.0 Å². The van der Waals surface area contributed by atoms with Gasteiger partial charge in [-0.15, -0.1) is 0 Å². The summed E-state index contributed by atoms with van der Waals surface area (Å²) in [6.45, 7) is 0. The molecule has 0 bridgehead atoms. The minimum Gasteiger partial charge on any atom is -0.355 e. The molecule has 236 valence electrons. The van der Waals surface area contributed by atoms with Gasteiger partial charge >= 0.3 is 0 Å². The second kappa shape index (κ2) is 11.5. The van der Waals surface area contributed by atoms with Crippen LogP contribution < -0.4 is 10.6 Å². The predicted molar refractivity (Wildman–Crippen MR) is 200 cm³/mol. The maximum absolute atomic E-state index is 4.90. The second-order valence-corrected chi connectivity index (χ2v) is 12.7. The van der Waals surface area contributed by atoms with Crippen LogP contribution in [-0.4, -0.2) is 34.5 Å². The number of nitrogens with one attached hydrogen (secondary N) is 1. The van der Waals surface area contributed by atoms with Crippen molar-refractivity contribution in [3.63, 3.8) is 0 Å². The van der Waals surface area contributed by atoms with Crippen LogP contribution in [0.1, 0.15) is 17.9 Å². The van der Waals surface area contributed by atoms with Gasteiger partial charge in [-0.3, -0.25) is 9.97 Å². The smallest absolute Gasteiger partial charge is 0.164 e. The first kappa shape index (κ1) is 28.3. The molecule has 0 saturated carbocycles. The van der Waals surface area contributed by atoms with Gasteiger partial charge in [0, 0.05) is 90.8 Å². The number of H-pyrrole nitrogens is 1. The average Bonchev–Trinajstić information content (AvgIpc) is 3.73. The molecule has 0 aliphatic heterocycles. The van der Waals surface area contributed by atoms with Crippen LogP contribution in [0.25, 0.3) is 84.7 Å². The molecule has 50 heavy (non-hydrogen) atoms. The van der Waals surface area contributed by atoms with Crippen molar-refractivity contribution in [1.82, 2.24) is 34.5 Å². The van der Waals surface area contributed by atoms with E-state index in [2.05, 4.69) is 123 Å². The molecule has 4 aromatic carbocycles. The molecule has 0 saturated heterocycles. The molecule has 1 unspecified atom stereocenters. The van der Waals surface area contributed by atoms with Gasteiger partial charge in [-0.1, -0.05) is 54.6 Å². The first-order chi connectivity index (χ1) is 24.8. The third-order valence-electron chi connectivity index (χ3n) is 9.74. The number of nitrogens with zero attached hydrogens (tertiary/aromatic N) is 6. The Morgan fingerprint density at radius 3 is 1.86 bits per heavy atom. The van der Waals surface area contributed by atoms with Crippen LogP contribution in [0.4, 0.5) is 0 Å². The normalized spacial score (nSPS) is 14.0. The molecule has 5 heterocycles. The van der Waals surface area contributed by atoms with Crippen molar-refractivity contribution in [2.75, 3.05) is 0 Å². The topological polar surface area (TPSA) is 85.2 Å². The zero-order valence-electron chi connectivity index (χ0n) is 26.9. The number of rotatable bonds is 5. The lowest BCUT2D eigenvalue weighted by Crippen LogP contribution is -2.31. The molecule has 0 fully saturated rings. The lowest BCUT2D eigenvalue weighted by Gasteiger charge is -2.15. The number of aromatic nitrogens is 7. The predicted octanol–water partition coefficient (Wildman–Crippen LogP) is 7.99. The molecule has 7 nitrogen and oxygen atoms in total. The highest BCUT2D eigenvalue weighted by Crippen LogP contribution is 2.32. The molecular weight excluding hydrogens is 615 g/mol. The van der Waals surface area contributed by atoms with Crippen LogP contribution in [0.15, 0.2) is 140 Å². The number of hydrogen-bond acceptors (Lipinski definition) is 5. The number of para-hydroxylation sites is 2. The first-order valence-electron chi connectivity index (χ1n) is 16.8. The highest BCUT2D eigenvalue weighted by molar-refractivity contribution is 6.07. The van der Waals surface area contributed by atoms with Crippen molar-refractivity contribution in [1.29, 1.82) is 0 Å². The quantitative estimate of drug-likeness (QED) is 0.206. The van der Waals surface area contributed by atoms with Crippen LogP contribution in [0, 0.1) is 0 Å². The van der Waals surface area contributed by atoms with E-state index >= 15 is 0 Å². The summed E-state index contributed by atoms with van der Waals surface area (Å²) in [6, 6.07) is 40.3. The van der Waals surface area contributed by atoms with Gasteiger partial charge in [-0.25, -0.2) is 15.0 Å². The van der Waals surface area contributed by atoms with Crippen molar-refractivity contribution >= 4 is 44.9 Å². The van der Waals surface area contributed by atoms with Crippen molar-refractivity contribution in [3.05, 3.63) is 156 Å². The van der Waals surface area contributed by atoms with E-state index in [9.17, 15) is 0 Å². The molecule has 1 atom stereocenters. The molecule has 1 N–H and O–H groups in total. The fourth-order valence-corrected chi connectivity index (χ4v) is 7.30. The summed E-state index contributed by atoms with van der Waals surface area (Å²) in [6.07, 6.45) is 12.8. The zero-order chi connectivity index (χ0) is 33.0. The Morgan fingerprint density at radius 1 is 0.560 bits per heavy atom. The van der Waals surface area contributed by atoms with E-state index in [0.717, 1.165) is 28.8 Å². The Bertz CT molecular complexity index is 2780. The fraction of sp³-hybridized carbons (Fsp3) is 0.0465. The molecule has 5 aromatic heterocycles. The third kappa shape index (κ3) is 4.70. The maximum atomic E-state index is 4.90. The van der Waals surface area contributed by atoms with Crippen molar-refractivity contribution in [3.8, 4) is 39.9 Å². The Labute approximate surface area is 287 Å². The van der Waals surface area contributed by atoms with E-state index in [-0.39, 0.29) is 5.92 Å². The number of benzene rings is 4. The van der Waals surface area contributed by atoms with Crippen molar-refractivity contribution in [2.45, 2.75) is 12.3 Å². The van der Waals surface area contributed by atoms with Gasteiger partial charge in [0.2, 0.25) is 0 Å². The van der Waals surface area contributed by atoms with Gasteiger partial charge in [-0.2, -0.15) is 0 Å². The standard InChI is InChI=1S/C43H29N7/c1-3-7-37-33(5-1)35-25-30(11-15-38(35)46-37)31-12-16-40-36(26-31)34-6-2-4-8-39(34)50(40)32-13-9-27(10-14-32)41-47-42(28-17-21-44-22-18-28)49-43(48-41)29-19-23-45-24-20-29/h1-11,13-26,31,46H,12H2. The summed E-state index contributed by atoms with van der Waals surface area (Å²) in [4.78, 5) is 26.5. The van der Waals surface area contributed by atoms with Crippen LogP contribution in [-0.2, 0) is 0 Å². The maximum Gasteiger partial charge on any atom is 0.164 e. The molecule has 0 spiro atoms. The summed E-state index contributed by atoms with van der Waals surface area (Å²) in [5.41, 5.74) is 8.64. The summed E-state index contributed by atoms with van der Waals surface area (Å²) in [5.74, 6) is 2.10. The SMILES string of the molecule is C1=c2c(n(-c3ccc(-c4nc(-c5ccncc5)nc(-c5ccncc5)n4)cc3)c3ccccc23)=CCC1c1ccc2[nH]c3ccccc3c2c1. The number of pyridine rings is 2. The van der Waals surface area contributed by atoms with Crippen molar-refractivity contribution in [2.24, 2.45) is 0 Å². The van der Waals surface area contributed by atoms with Crippen LogP contribution >= 0.6 is 0 Å². The summed E-state index contributed by atoms with van der Waals surface area (Å²) >= 11 is 0. The zero-order valence-corrected chi connectivity index (χ0v) is 26.9. The Morgan fingerprint density at radius 2 is 1.16 bits per heavy atom. The van der Waals surface area contributed by atoms with Crippen LogP contribution in [0.3, 0.4) is 0 Å². The summed E-state index contributed by atoms with van der Waals surface area (Å²) < 4.78 is 2.38. The van der Waals surface area contributed by atoms with Gasteiger partial charge in [0.05, 0.1) is 5.52 Å². The molecular formula is C43H29N7. The van der Waals surface area contributed by atoms with E-state index in [1.807, 2.05) is 24.3 Å². The van der Waals surface area contributed by atoms with Crippen molar-refractivity contribution < 1.29 is 0 Å². The molecule has 1 aliphatic rings. The first-order valence-corrected chi connectivity index (χ1v) is 16.8. The lowest BCUT2D eigenvalue weighted by atomic mass is 9.90. The second-order valence-electron chi connectivity index (χ2n) is 12.7. The largest absolute Gasteiger partial charge is 0.355 e. The summed E-state index contributed by atoms with van der Waals surface area (Å²) in [5, 5.41) is 6.30. The number of hydrogen-bond donors (Lipinski definition) is 1. The van der Waals surface area contributed by atoms with Crippen LogP contribution in [0.2, 0.25) is 0 Å². The third-order valence-corrected chi connectivity index (χ3v) is 9.74. The Hall–Kier alpha value is -6.73. The Balaban J connectivity index is 1.06. The van der Waals surface area contributed by atoms with E-state index < -0.39 is 0 Å². The molecule has 0 radical (unpaired) electrons. The molecule has 7 heteroatoms. The molecule has 0 amide bonds.